The molecule has 0 saturated heterocycles. The lowest BCUT2D eigenvalue weighted by molar-refractivity contribution is -0.121. The van der Waals surface area contributed by atoms with Gasteiger partial charge in [0.1, 0.15) is 11.3 Å². The summed E-state index contributed by atoms with van der Waals surface area (Å²) in [5.41, 5.74) is 7.03. The second kappa shape index (κ2) is 10.4. The zero-order valence-electron chi connectivity index (χ0n) is 17.4. The van der Waals surface area contributed by atoms with Crippen LogP contribution in [0.2, 0.25) is 0 Å². The molecule has 0 aliphatic heterocycles. The van der Waals surface area contributed by atoms with E-state index in [-0.39, 0.29) is 0 Å². The number of thiophene rings is 1. The van der Waals surface area contributed by atoms with Gasteiger partial charge in [-0.2, -0.15) is 0 Å². The van der Waals surface area contributed by atoms with Crippen LogP contribution in [-0.2, 0) is 20.3 Å². The summed E-state index contributed by atoms with van der Waals surface area (Å²) >= 11 is 1.71. The van der Waals surface area contributed by atoms with Crippen molar-refractivity contribution in [3.8, 4) is 16.2 Å². The molecule has 3 rings (SSSR count). The molecule has 0 aliphatic rings. The molecule has 1 atom stereocenters. The molecule has 0 radical (unpaired) electrons. The molecular weight excluding hydrogens is 451 g/mol. The zero-order chi connectivity index (χ0) is 23.2. The summed E-state index contributed by atoms with van der Waals surface area (Å²) in [4.78, 5) is 31.0. The van der Waals surface area contributed by atoms with E-state index in [1.807, 2.05) is 6.07 Å². The third-order valence-corrected chi connectivity index (χ3v) is 5.97. The van der Waals surface area contributed by atoms with Crippen molar-refractivity contribution in [2.45, 2.75) is 18.9 Å². The molecule has 0 bridgehead atoms. The average molecular weight is 476 g/mol. The van der Waals surface area contributed by atoms with Gasteiger partial charge in [0.15, 0.2) is 0 Å². The van der Waals surface area contributed by atoms with Gasteiger partial charge in [0.05, 0.1) is 13.2 Å². The summed E-state index contributed by atoms with van der Waals surface area (Å²) in [5, 5.41) is 4.65. The Hall–Kier alpha value is -2.52. The van der Waals surface area contributed by atoms with Crippen molar-refractivity contribution < 1.29 is 28.4 Å². The maximum Gasteiger partial charge on any atom is 0.469 e. The second-order valence-corrected chi connectivity index (χ2v) is 9.62. The highest BCUT2D eigenvalue weighted by Crippen LogP contribution is 2.36. The first-order valence-corrected chi connectivity index (χ1v) is 12.2. The van der Waals surface area contributed by atoms with E-state index in [1.165, 1.54) is 22.9 Å². The van der Waals surface area contributed by atoms with E-state index in [0.717, 1.165) is 6.42 Å². The van der Waals surface area contributed by atoms with Gasteiger partial charge in [-0.3, -0.25) is 9.32 Å². The van der Waals surface area contributed by atoms with E-state index in [1.54, 1.807) is 35.6 Å². The van der Waals surface area contributed by atoms with Crippen molar-refractivity contribution in [3.63, 3.8) is 0 Å². The number of phosphoric acid groups is 1. The predicted molar refractivity (Wildman–Crippen MR) is 125 cm³/mol. The number of ether oxygens (including phenoxy) is 1. The number of anilines is 1. The highest BCUT2D eigenvalue weighted by molar-refractivity contribution is 7.46. The summed E-state index contributed by atoms with van der Waals surface area (Å²) in [5.74, 6) is 0.0177. The van der Waals surface area contributed by atoms with E-state index in [9.17, 15) is 9.36 Å². The van der Waals surface area contributed by atoms with E-state index in [0.29, 0.717) is 18.0 Å². The number of benzene rings is 2. The molecule has 0 unspecified atom stereocenters. The third-order valence-electron chi connectivity index (χ3n) is 4.58. The first-order valence-electron chi connectivity index (χ1n) is 9.78. The summed E-state index contributed by atoms with van der Waals surface area (Å²) in [7, 11) is -4.71. The lowest BCUT2D eigenvalue weighted by Crippen LogP contribution is -2.52. The Morgan fingerprint density at radius 2 is 1.81 bits per heavy atom. The minimum absolute atomic E-state index is 0.472. The Bertz CT molecular complexity index is 1060. The number of amides is 1. The van der Waals surface area contributed by atoms with E-state index < -0.39 is 25.9 Å². The largest absolute Gasteiger partial charge is 0.493 e. The smallest absolute Gasteiger partial charge is 0.469 e. The molecule has 0 fully saturated rings. The summed E-state index contributed by atoms with van der Waals surface area (Å²) in [6.07, 6.45) is 0.758. The zero-order valence-corrected chi connectivity index (χ0v) is 19.1. The molecule has 10 heteroatoms. The normalized spacial score (nSPS) is 13.4. The topological polar surface area (TPSA) is 131 Å². The minimum atomic E-state index is -4.71. The molecule has 5 N–H and O–H groups in total. The van der Waals surface area contributed by atoms with Crippen LogP contribution in [0.5, 0.6) is 5.75 Å². The number of hydrogen-bond donors (Lipinski definition) is 4. The highest BCUT2D eigenvalue weighted by Gasteiger charge is 2.32. The Morgan fingerprint density at radius 3 is 2.41 bits per heavy atom. The highest BCUT2D eigenvalue weighted by atomic mass is 32.1. The van der Waals surface area contributed by atoms with Gasteiger partial charge >= 0.3 is 7.82 Å². The van der Waals surface area contributed by atoms with E-state index >= 15 is 0 Å². The van der Waals surface area contributed by atoms with Crippen molar-refractivity contribution in [1.29, 1.82) is 0 Å². The van der Waals surface area contributed by atoms with Gasteiger partial charge in [-0.25, -0.2) is 4.57 Å². The van der Waals surface area contributed by atoms with Crippen molar-refractivity contribution in [1.82, 2.24) is 0 Å². The molecule has 0 spiro atoms. The lowest BCUT2D eigenvalue weighted by Gasteiger charge is -2.23. The van der Waals surface area contributed by atoms with Crippen molar-refractivity contribution in [2.24, 2.45) is 5.73 Å². The van der Waals surface area contributed by atoms with Gasteiger partial charge in [0.25, 0.3) is 0 Å². The fourth-order valence-electron chi connectivity index (χ4n) is 2.76. The first-order chi connectivity index (χ1) is 15.1. The Morgan fingerprint density at radius 1 is 1.12 bits per heavy atom. The van der Waals surface area contributed by atoms with Crippen LogP contribution in [0.3, 0.4) is 0 Å². The number of phosphoric ester groups is 1. The van der Waals surface area contributed by atoms with Gasteiger partial charge in [-0.15, -0.1) is 11.3 Å². The molecular formula is C22H25N2O6PS. The van der Waals surface area contributed by atoms with Gasteiger partial charge in [0, 0.05) is 17.0 Å². The molecule has 1 heterocycles. The molecule has 32 heavy (non-hydrogen) atoms. The third kappa shape index (κ3) is 7.27. The Balaban J connectivity index is 1.46. The summed E-state index contributed by atoms with van der Waals surface area (Å²) in [6, 6.07) is 19.3. The number of nitrogens with one attached hydrogen (secondary N) is 1. The van der Waals surface area contributed by atoms with Gasteiger partial charge < -0.3 is 25.6 Å². The van der Waals surface area contributed by atoms with Crippen LogP contribution in [0.4, 0.5) is 5.69 Å². The van der Waals surface area contributed by atoms with Crippen molar-refractivity contribution in [3.05, 3.63) is 71.6 Å². The van der Waals surface area contributed by atoms with Crippen molar-refractivity contribution in [2.75, 3.05) is 18.5 Å². The summed E-state index contributed by atoms with van der Waals surface area (Å²) < 4.78 is 20.9. The van der Waals surface area contributed by atoms with E-state index in [4.69, 9.17) is 20.3 Å². The fourth-order valence-corrected chi connectivity index (χ4v) is 3.93. The number of hydrogen-bond acceptors (Lipinski definition) is 6. The molecule has 8 nitrogen and oxygen atoms in total. The maximum atomic E-state index is 12.3. The predicted octanol–water partition coefficient (Wildman–Crippen LogP) is 3.80. The van der Waals surface area contributed by atoms with Crippen LogP contribution in [0.15, 0.2) is 66.0 Å². The monoisotopic (exact) mass is 476 g/mol. The van der Waals surface area contributed by atoms with Crippen LogP contribution in [0.1, 0.15) is 12.5 Å². The number of carbonyl (C=O) groups is 1. The van der Waals surface area contributed by atoms with Crippen LogP contribution < -0.4 is 15.8 Å². The van der Waals surface area contributed by atoms with Crippen LogP contribution in [0.25, 0.3) is 10.4 Å². The first kappa shape index (κ1) is 24.1. The molecule has 0 saturated carbocycles. The Labute approximate surface area is 190 Å². The molecule has 2 aromatic carbocycles. The van der Waals surface area contributed by atoms with E-state index in [2.05, 4.69) is 45.6 Å². The number of carbonyl (C=O) groups excluding carboxylic acids is 1. The van der Waals surface area contributed by atoms with Crippen LogP contribution in [0, 0.1) is 0 Å². The molecule has 0 aliphatic carbocycles. The molecule has 1 aromatic heterocycles. The van der Waals surface area contributed by atoms with Crippen LogP contribution in [-0.4, -0.2) is 34.4 Å². The Kier molecular flexibility index (Phi) is 7.84. The van der Waals surface area contributed by atoms with Gasteiger partial charge in [-0.1, -0.05) is 30.3 Å². The van der Waals surface area contributed by atoms with Crippen molar-refractivity contribution >= 4 is 30.8 Å². The fraction of sp³-hybridized carbons (Fsp3) is 0.227. The lowest BCUT2D eigenvalue weighted by atomic mass is 10.0. The number of nitrogens with two attached hydrogens (primary N) is 1. The summed E-state index contributed by atoms with van der Waals surface area (Å²) in [6.45, 7) is 1.20. The molecule has 170 valence electrons. The number of rotatable bonds is 10. The second-order valence-electron chi connectivity index (χ2n) is 7.43. The molecule has 1 amide bonds. The maximum absolute atomic E-state index is 12.3. The SMILES string of the molecule is C[C@](N)(COP(=O)(O)O)C(=O)Nc1ccc(OCCc2ccc(-c3cccs3)cc2)cc1. The average Bonchev–Trinajstić information content (AvgIpc) is 3.29. The van der Waals surface area contributed by atoms with Gasteiger partial charge in [0.2, 0.25) is 5.91 Å². The van der Waals surface area contributed by atoms with Gasteiger partial charge in [-0.05, 0) is 53.8 Å². The quantitative estimate of drug-likeness (QED) is 0.327. The minimum Gasteiger partial charge on any atom is -0.493 e. The standard InChI is InChI=1S/C22H25N2O6PS/c1-22(23,15-30-31(26,27)28)21(25)24-18-8-10-19(11-9-18)29-13-12-16-4-6-17(7-5-16)20-3-2-14-32-20/h2-11,14H,12-13,15,23H2,1H3,(H,24,25)(H2,26,27,28)/t22-/m0/s1. The van der Waals surface area contributed by atoms with Crippen LogP contribution >= 0.6 is 19.2 Å². The molecule has 3 aromatic rings.